The van der Waals surface area contributed by atoms with Crippen molar-refractivity contribution < 1.29 is 38.3 Å². The number of aromatic nitrogens is 1. The molecular formula is C121H187Cl2NO8S. The zero-order chi connectivity index (χ0) is 103. The van der Waals surface area contributed by atoms with E-state index in [0.717, 1.165) is 79.9 Å². The fourth-order valence-corrected chi connectivity index (χ4v) is 16.1. The molecule has 0 spiro atoms. The van der Waals surface area contributed by atoms with Gasteiger partial charge in [0.15, 0.2) is 5.78 Å². The molecule has 744 valence electrons. The average Bonchev–Trinajstić information content (AvgIpc) is 1.27. The summed E-state index contributed by atoms with van der Waals surface area (Å²) in [6.07, 6.45) is 22.4. The lowest BCUT2D eigenvalue weighted by molar-refractivity contribution is -0.133. The highest BCUT2D eigenvalue weighted by atomic mass is 35.5. The van der Waals surface area contributed by atoms with E-state index in [4.69, 9.17) is 27.9 Å². The number of aryl methyl sites for hydroxylation is 2. The number of hydrogen-bond acceptors (Lipinski definition) is 10. The van der Waals surface area contributed by atoms with E-state index in [1.165, 1.54) is 94.4 Å². The van der Waals surface area contributed by atoms with Gasteiger partial charge in [-0.3, -0.25) is 38.5 Å². The number of nitrogens with zero attached hydrogens (tertiary/aromatic N) is 1. The molecule has 0 bridgehead atoms. The Morgan fingerprint density at radius 3 is 0.955 bits per heavy atom. The lowest BCUT2D eigenvalue weighted by Crippen LogP contribution is -2.32. The van der Waals surface area contributed by atoms with Crippen molar-refractivity contribution in [3.8, 4) is 5.75 Å². The number of Topliss-reactive ketones (excluding diaryl/α,β-unsaturated/α-hetero) is 7. The maximum atomic E-state index is 11.7. The summed E-state index contributed by atoms with van der Waals surface area (Å²) in [5.74, 6) is 5.96. The van der Waals surface area contributed by atoms with Gasteiger partial charge in [0.2, 0.25) is 0 Å². The van der Waals surface area contributed by atoms with Crippen LogP contribution in [0.25, 0.3) is 0 Å². The quantitative estimate of drug-likeness (QED) is 0.122. The number of carbonyl (C=O) groups is 7. The number of ketones is 7. The van der Waals surface area contributed by atoms with Crippen LogP contribution in [0.1, 0.15) is 420 Å². The van der Waals surface area contributed by atoms with Gasteiger partial charge in [-0.1, -0.05) is 440 Å². The molecular weight excluding hydrogens is 1700 g/mol. The van der Waals surface area contributed by atoms with Crippen LogP contribution in [0.2, 0.25) is 10.0 Å². The Kier molecular flexibility index (Phi) is 51.3. The minimum Gasteiger partial charge on any atom is -0.489 e. The molecule has 7 aromatic rings. The number of benzene rings is 5. The third-order valence-electron chi connectivity index (χ3n) is 23.8. The Labute approximate surface area is 827 Å². The third kappa shape index (κ3) is 50.8. The summed E-state index contributed by atoms with van der Waals surface area (Å²) in [7, 11) is 0. The molecule has 5 fully saturated rings. The summed E-state index contributed by atoms with van der Waals surface area (Å²) < 4.78 is 5.83. The fraction of sp³-hybridized carbons (Fsp3) is 0.620. The Hall–Kier alpha value is -6.98. The SMILES string of the molecule is CC(C)(C)C(=O)C1CC1.CC(C)(C)C(=O)C1CCC1.CC(C)(C)C(=O)C1CCC1.CC(C)(C)C(=O)C1CCCC1.CC(C)(C)C(=O)C1CCCC1.CC(C)(C)C(=O)c1cccs1.CC(C)(C)c1ccc(Cl)cc1.CC(C)(C)c1cccc(OCc2ccccc2)c1.CC(C)(C)c1ccccc1.CC(C)(C)c1cncc(Cl)c1.CC(C)C(=O)C(C)(C)C.Cc1ccc(C(C)(C)C)c(C)c1. The first-order valence-electron chi connectivity index (χ1n) is 49.6. The number of carbonyl (C=O) groups excluding carboxylic acids is 7. The molecule has 0 aliphatic heterocycles. The van der Waals surface area contributed by atoms with Gasteiger partial charge >= 0.3 is 0 Å². The second-order valence-electron chi connectivity index (χ2n) is 50.0. The highest BCUT2D eigenvalue weighted by molar-refractivity contribution is 7.12. The predicted octanol–water partition coefficient (Wildman–Crippen LogP) is 35.5. The van der Waals surface area contributed by atoms with Gasteiger partial charge in [-0.2, -0.15) is 0 Å². The van der Waals surface area contributed by atoms with E-state index in [-0.39, 0.29) is 71.3 Å². The first kappa shape index (κ1) is 124. The molecule has 5 aliphatic rings. The van der Waals surface area contributed by atoms with Crippen LogP contribution >= 0.6 is 34.5 Å². The molecule has 0 unspecified atom stereocenters. The molecule has 5 aromatic carbocycles. The van der Waals surface area contributed by atoms with Crippen LogP contribution in [-0.4, -0.2) is 45.5 Å². The summed E-state index contributed by atoms with van der Waals surface area (Å²) in [6.45, 7) is 83.7. The molecule has 0 N–H and O–H groups in total. The van der Waals surface area contributed by atoms with Gasteiger partial charge in [-0.15, -0.1) is 11.3 Å². The van der Waals surface area contributed by atoms with Crippen LogP contribution in [0.3, 0.4) is 0 Å². The van der Waals surface area contributed by atoms with Crippen molar-refractivity contribution in [3.05, 3.63) is 223 Å². The molecule has 0 amide bonds. The molecule has 12 heteroatoms. The molecule has 133 heavy (non-hydrogen) atoms. The molecule has 2 heterocycles. The molecule has 12 rings (SSSR count). The monoisotopic (exact) mass is 1880 g/mol. The summed E-state index contributed by atoms with van der Waals surface area (Å²) in [4.78, 5) is 85.0. The van der Waals surface area contributed by atoms with Crippen molar-refractivity contribution >= 4 is 75.0 Å². The van der Waals surface area contributed by atoms with Crippen molar-refractivity contribution in [1.29, 1.82) is 0 Å². The summed E-state index contributed by atoms with van der Waals surface area (Å²) in [6, 6.07) is 49.6. The average molecular weight is 1890 g/mol. The van der Waals surface area contributed by atoms with Crippen LogP contribution < -0.4 is 4.74 Å². The fourth-order valence-electron chi connectivity index (χ4n) is 14.9. The second kappa shape index (κ2) is 55.0. The molecule has 0 radical (unpaired) electrons. The second-order valence-corrected chi connectivity index (χ2v) is 51.8. The van der Waals surface area contributed by atoms with E-state index in [9.17, 15) is 33.6 Å². The molecule has 5 saturated carbocycles. The van der Waals surface area contributed by atoms with Crippen molar-refractivity contribution in [2.45, 2.75) is 413 Å². The van der Waals surface area contributed by atoms with Crippen molar-refractivity contribution in [2.75, 3.05) is 0 Å². The van der Waals surface area contributed by atoms with E-state index in [2.05, 4.69) is 214 Å². The van der Waals surface area contributed by atoms with Gasteiger partial charge in [0.1, 0.15) is 47.1 Å². The van der Waals surface area contributed by atoms with E-state index in [1.54, 1.807) is 6.20 Å². The zero-order valence-electron chi connectivity index (χ0n) is 91.5. The number of pyridine rings is 1. The molecule has 0 saturated heterocycles. The minimum absolute atomic E-state index is 0.0961. The van der Waals surface area contributed by atoms with E-state index >= 15 is 0 Å². The van der Waals surface area contributed by atoms with Crippen molar-refractivity contribution in [2.24, 2.45) is 73.4 Å². The van der Waals surface area contributed by atoms with Gasteiger partial charge in [-0.05, 0) is 186 Å². The van der Waals surface area contributed by atoms with E-state index < -0.39 is 0 Å². The lowest BCUT2D eigenvalue weighted by atomic mass is 9.73. The maximum Gasteiger partial charge on any atom is 0.178 e. The standard InChI is InChI=1S/C17H20O.C12H18.C10H13Cl.2C10H18O.C10H14.C9H12ClN.C9H12OS.2C9H16O.C8H14O.C8H16O/c1-17(2,3)15-10-7-11-16(12-15)18-13-14-8-5-4-6-9-14;1-9-6-7-11(10(2)8-9)12(3,4)5;1-10(2,3)8-4-6-9(11)7-5-8;2*1-10(2,3)9(11)8-6-4-5-7-8;1-10(2,3)9-7-5-4-6-8-9;1-9(2,3)7-4-8(10)6-11-5-7;1-9(2,3)8(10)7-5-4-6-11-7;2*1-9(2,3)8(10)7-5-4-6-7;1-8(2,3)7(9)6-4-5-6;1-6(2)7(9)8(3,4)5/h4-12H,13H2,1-3H3;6-8H,1-5H3;4-7H,1-3H3;2*8H,4-7H2,1-3H3;4-8H,1-3H3;2*4-6H,1-3H3;2*7H,4-6H2,1-3H3;6H,4-5H2,1-3H3;6H,1-5H3. The summed E-state index contributed by atoms with van der Waals surface area (Å²) >= 11 is 13.1. The summed E-state index contributed by atoms with van der Waals surface area (Å²) in [5, 5.41) is 3.44. The van der Waals surface area contributed by atoms with Gasteiger partial charge in [-0.25, -0.2) is 0 Å². The van der Waals surface area contributed by atoms with Gasteiger partial charge in [0.05, 0.1) is 9.90 Å². The van der Waals surface area contributed by atoms with Gasteiger partial charge in [0.25, 0.3) is 0 Å². The van der Waals surface area contributed by atoms with Crippen LogP contribution in [0.15, 0.2) is 163 Å². The van der Waals surface area contributed by atoms with Gasteiger partial charge < -0.3 is 4.74 Å². The van der Waals surface area contributed by atoms with Crippen molar-refractivity contribution in [3.63, 3.8) is 0 Å². The Balaban J connectivity index is 0.000000729. The first-order chi connectivity index (χ1) is 60.5. The summed E-state index contributed by atoms with van der Waals surface area (Å²) in [5.41, 5.74) is 10.7. The Morgan fingerprint density at radius 1 is 0.338 bits per heavy atom. The van der Waals surface area contributed by atoms with Crippen molar-refractivity contribution in [1.82, 2.24) is 4.98 Å². The number of halogens is 2. The van der Waals surface area contributed by atoms with E-state index in [0.29, 0.717) is 81.3 Å². The Morgan fingerprint density at radius 2 is 0.692 bits per heavy atom. The van der Waals surface area contributed by atoms with E-state index in [1.807, 2.05) is 225 Å². The molecule has 0 atom stereocenters. The van der Waals surface area contributed by atoms with Gasteiger partial charge in [0, 0.05) is 90.8 Å². The van der Waals surface area contributed by atoms with Crippen LogP contribution in [0.5, 0.6) is 5.75 Å². The number of thiophene rings is 1. The van der Waals surface area contributed by atoms with Crippen LogP contribution in [0.4, 0.5) is 0 Å². The minimum atomic E-state index is -0.245. The smallest absolute Gasteiger partial charge is 0.178 e. The highest BCUT2D eigenvalue weighted by Gasteiger charge is 2.38. The molecule has 5 aliphatic carbocycles. The van der Waals surface area contributed by atoms with Crippen LogP contribution in [-0.2, 0) is 62.4 Å². The molecule has 2 aromatic heterocycles. The normalized spacial score (nSPS) is 15.0. The lowest BCUT2D eigenvalue weighted by Gasteiger charge is -2.30. The zero-order valence-corrected chi connectivity index (χ0v) is 93.8. The van der Waals surface area contributed by atoms with Crippen LogP contribution in [0, 0.1) is 87.3 Å². The molecule has 9 nitrogen and oxygen atoms in total. The largest absolute Gasteiger partial charge is 0.489 e. The Bertz CT molecular complexity index is 4460. The topological polar surface area (TPSA) is 142 Å². The number of hydrogen-bond donors (Lipinski definition) is 0. The predicted molar refractivity (Wildman–Crippen MR) is 575 cm³/mol. The first-order valence-corrected chi connectivity index (χ1v) is 51.3. The number of rotatable bonds is 10. The maximum absolute atomic E-state index is 11.7. The number of ether oxygens (including phenoxy) is 1. The third-order valence-corrected chi connectivity index (χ3v) is 25.1. The highest BCUT2D eigenvalue weighted by Crippen LogP contribution is 2.40.